The Kier molecular flexibility index (Phi) is 4.68. The summed E-state index contributed by atoms with van der Waals surface area (Å²) in [6.07, 6.45) is 6.25. The summed E-state index contributed by atoms with van der Waals surface area (Å²) < 4.78 is 1.08. The third kappa shape index (κ3) is 3.07. The predicted octanol–water partition coefficient (Wildman–Crippen LogP) is 4.27. The fourth-order valence-corrected chi connectivity index (χ4v) is 3.41. The smallest absolute Gasteiger partial charge is 0.0762 e. The normalized spacial score (nSPS) is 18.7. The average molecular weight is 312 g/mol. The van der Waals surface area contributed by atoms with Gasteiger partial charge < -0.3 is 10.0 Å². The first-order valence-corrected chi connectivity index (χ1v) is 7.59. The minimum absolute atomic E-state index is 0.407. The fraction of sp³-hybridized carbons (Fsp3) is 0.600. The number of benzene rings is 1. The van der Waals surface area contributed by atoms with Crippen LogP contribution in [0, 0.1) is 0 Å². The summed E-state index contributed by atoms with van der Waals surface area (Å²) in [5.74, 6) is 0. The third-order valence-corrected chi connectivity index (χ3v) is 4.59. The van der Waals surface area contributed by atoms with E-state index in [-0.39, 0.29) is 0 Å². The molecule has 0 heterocycles. The Hall–Kier alpha value is -0.540. The maximum atomic E-state index is 9.59. The van der Waals surface area contributed by atoms with Gasteiger partial charge in [-0.15, -0.1) is 0 Å². The first-order valence-electron chi connectivity index (χ1n) is 6.80. The van der Waals surface area contributed by atoms with E-state index in [9.17, 15) is 5.11 Å². The van der Waals surface area contributed by atoms with Crippen LogP contribution in [0.3, 0.4) is 0 Å². The van der Waals surface area contributed by atoms with Crippen LogP contribution in [0.15, 0.2) is 22.7 Å². The van der Waals surface area contributed by atoms with Gasteiger partial charge in [-0.2, -0.15) is 0 Å². The summed E-state index contributed by atoms with van der Waals surface area (Å²) in [5, 5.41) is 9.59. The Morgan fingerprint density at radius 3 is 2.50 bits per heavy atom. The molecule has 0 saturated heterocycles. The maximum Gasteiger partial charge on any atom is 0.0762 e. The van der Waals surface area contributed by atoms with Crippen molar-refractivity contribution in [2.75, 3.05) is 11.9 Å². The van der Waals surface area contributed by atoms with Crippen molar-refractivity contribution >= 4 is 21.6 Å². The molecule has 0 bridgehead atoms. The van der Waals surface area contributed by atoms with E-state index >= 15 is 0 Å². The second-order valence-electron chi connectivity index (χ2n) is 5.29. The van der Waals surface area contributed by atoms with Crippen LogP contribution in [-0.2, 0) is 0 Å². The van der Waals surface area contributed by atoms with E-state index in [1.807, 2.05) is 12.1 Å². The summed E-state index contributed by atoms with van der Waals surface area (Å²) in [6, 6.07) is 6.82. The van der Waals surface area contributed by atoms with Crippen molar-refractivity contribution in [1.29, 1.82) is 0 Å². The molecule has 0 amide bonds. The van der Waals surface area contributed by atoms with E-state index in [1.54, 1.807) is 6.92 Å². The molecule has 2 rings (SSSR count). The van der Waals surface area contributed by atoms with Crippen LogP contribution in [-0.4, -0.2) is 18.2 Å². The quantitative estimate of drug-likeness (QED) is 0.901. The second kappa shape index (κ2) is 6.07. The summed E-state index contributed by atoms with van der Waals surface area (Å²) in [7, 11) is 2.18. The topological polar surface area (TPSA) is 23.5 Å². The minimum atomic E-state index is -0.407. The van der Waals surface area contributed by atoms with Gasteiger partial charge >= 0.3 is 0 Å². The number of hydrogen-bond donors (Lipinski definition) is 1. The molecule has 100 valence electrons. The molecular weight excluding hydrogens is 290 g/mol. The molecule has 1 aromatic rings. The van der Waals surface area contributed by atoms with Crippen LogP contribution in [0.1, 0.15) is 50.7 Å². The largest absolute Gasteiger partial charge is 0.389 e. The van der Waals surface area contributed by atoms with Gasteiger partial charge in [0.1, 0.15) is 0 Å². The first-order chi connectivity index (χ1) is 8.59. The molecule has 3 heteroatoms. The summed E-state index contributed by atoms with van der Waals surface area (Å²) in [5.41, 5.74) is 2.19. The molecule has 1 fully saturated rings. The number of nitrogens with zero attached hydrogens (tertiary/aromatic N) is 1. The Morgan fingerprint density at radius 1 is 1.28 bits per heavy atom. The average Bonchev–Trinajstić information content (AvgIpc) is 2.38. The van der Waals surface area contributed by atoms with Crippen LogP contribution in [0.25, 0.3) is 0 Å². The highest BCUT2D eigenvalue weighted by Crippen LogP contribution is 2.33. The highest BCUT2D eigenvalue weighted by atomic mass is 79.9. The number of halogens is 1. The molecule has 0 aliphatic heterocycles. The summed E-state index contributed by atoms with van der Waals surface area (Å²) >= 11 is 3.63. The zero-order chi connectivity index (χ0) is 13.1. The fourth-order valence-electron chi connectivity index (χ4n) is 2.73. The van der Waals surface area contributed by atoms with Crippen molar-refractivity contribution in [3.63, 3.8) is 0 Å². The molecule has 0 aromatic heterocycles. The summed E-state index contributed by atoms with van der Waals surface area (Å²) in [6.45, 7) is 1.80. The molecule has 0 radical (unpaired) electrons. The van der Waals surface area contributed by atoms with Crippen LogP contribution >= 0.6 is 15.9 Å². The van der Waals surface area contributed by atoms with E-state index in [0.29, 0.717) is 6.04 Å². The number of anilines is 1. The first kappa shape index (κ1) is 13.9. The molecule has 18 heavy (non-hydrogen) atoms. The van der Waals surface area contributed by atoms with Gasteiger partial charge in [-0.25, -0.2) is 0 Å². The van der Waals surface area contributed by atoms with Crippen molar-refractivity contribution in [3.8, 4) is 0 Å². The SMILES string of the molecule is C[C@H](O)c1ccc(N(C)C2CCCCC2)c(Br)c1. The molecule has 1 aromatic carbocycles. The molecule has 0 spiro atoms. The monoisotopic (exact) mass is 311 g/mol. The van der Waals surface area contributed by atoms with E-state index in [4.69, 9.17) is 0 Å². The van der Waals surface area contributed by atoms with Crippen LogP contribution in [0.4, 0.5) is 5.69 Å². The number of rotatable bonds is 3. The predicted molar refractivity (Wildman–Crippen MR) is 80.1 cm³/mol. The summed E-state index contributed by atoms with van der Waals surface area (Å²) in [4.78, 5) is 2.38. The molecule has 1 atom stereocenters. The van der Waals surface area contributed by atoms with Crippen molar-refractivity contribution in [3.05, 3.63) is 28.2 Å². The van der Waals surface area contributed by atoms with Gasteiger partial charge in [0.2, 0.25) is 0 Å². The second-order valence-corrected chi connectivity index (χ2v) is 6.14. The highest BCUT2D eigenvalue weighted by Gasteiger charge is 2.20. The van der Waals surface area contributed by atoms with Crippen molar-refractivity contribution in [2.24, 2.45) is 0 Å². The van der Waals surface area contributed by atoms with Gasteiger partial charge in [0, 0.05) is 17.6 Å². The zero-order valence-electron chi connectivity index (χ0n) is 11.2. The molecule has 1 aliphatic carbocycles. The zero-order valence-corrected chi connectivity index (χ0v) is 12.8. The standard InChI is InChI=1S/C15H22BrNO/c1-11(18)12-8-9-15(14(16)10-12)17(2)13-6-4-3-5-7-13/h8-11,13,18H,3-7H2,1-2H3/t11-/m0/s1. The molecule has 1 aliphatic rings. The molecular formula is C15H22BrNO. The van der Waals surface area contributed by atoms with E-state index < -0.39 is 6.10 Å². The van der Waals surface area contributed by atoms with Crippen LogP contribution < -0.4 is 4.90 Å². The van der Waals surface area contributed by atoms with Crippen LogP contribution in [0.5, 0.6) is 0 Å². The molecule has 0 unspecified atom stereocenters. The van der Waals surface area contributed by atoms with E-state index in [0.717, 1.165) is 10.0 Å². The van der Waals surface area contributed by atoms with Gasteiger partial charge in [0.25, 0.3) is 0 Å². The lowest BCUT2D eigenvalue weighted by atomic mass is 9.94. The minimum Gasteiger partial charge on any atom is -0.389 e. The van der Waals surface area contributed by atoms with Crippen molar-refractivity contribution in [2.45, 2.75) is 51.2 Å². The molecule has 1 N–H and O–H groups in total. The van der Waals surface area contributed by atoms with Gasteiger partial charge in [-0.05, 0) is 53.4 Å². The lowest BCUT2D eigenvalue weighted by Gasteiger charge is -2.33. The number of aliphatic hydroxyl groups excluding tert-OH is 1. The van der Waals surface area contributed by atoms with E-state index in [2.05, 4.69) is 33.9 Å². The van der Waals surface area contributed by atoms with Gasteiger partial charge in [-0.3, -0.25) is 0 Å². The number of aliphatic hydroxyl groups is 1. The van der Waals surface area contributed by atoms with Gasteiger partial charge in [-0.1, -0.05) is 25.3 Å². The van der Waals surface area contributed by atoms with Crippen LogP contribution in [0.2, 0.25) is 0 Å². The van der Waals surface area contributed by atoms with Crippen molar-refractivity contribution in [1.82, 2.24) is 0 Å². The van der Waals surface area contributed by atoms with Gasteiger partial charge in [0.15, 0.2) is 0 Å². The third-order valence-electron chi connectivity index (χ3n) is 3.96. The lowest BCUT2D eigenvalue weighted by molar-refractivity contribution is 0.199. The van der Waals surface area contributed by atoms with Crippen molar-refractivity contribution < 1.29 is 5.11 Å². The highest BCUT2D eigenvalue weighted by molar-refractivity contribution is 9.10. The molecule has 2 nitrogen and oxygen atoms in total. The maximum absolute atomic E-state index is 9.59. The lowest BCUT2D eigenvalue weighted by Crippen LogP contribution is -2.33. The van der Waals surface area contributed by atoms with Gasteiger partial charge in [0.05, 0.1) is 11.8 Å². The Bertz CT molecular complexity index is 399. The Labute approximate surface area is 118 Å². The molecule has 1 saturated carbocycles. The Morgan fingerprint density at radius 2 is 1.94 bits per heavy atom. The Balaban J connectivity index is 2.16. The number of hydrogen-bond acceptors (Lipinski definition) is 2. The van der Waals surface area contributed by atoms with E-state index in [1.165, 1.54) is 37.8 Å².